The number of rotatable bonds is 8. The summed E-state index contributed by atoms with van der Waals surface area (Å²) in [5.74, 6) is 0.0207. The Hall–Kier alpha value is -1.75. The van der Waals surface area contributed by atoms with E-state index in [1.165, 1.54) is 7.11 Å². The second-order valence-corrected chi connectivity index (χ2v) is 4.26. The maximum atomic E-state index is 11.1. The third-order valence-electron chi connectivity index (χ3n) is 2.76. The quantitative estimate of drug-likeness (QED) is 0.751. The molecule has 0 aliphatic heterocycles. The average molecular weight is 267 g/mol. The van der Waals surface area contributed by atoms with Gasteiger partial charge in [-0.2, -0.15) is 0 Å². The standard InChI is InChI=1S/C14H21NO4/c1-3-4-12(14(16)17)19-11-6-5-10(7-8-15)9-13(11)18-2/h5-6,9,12H,3-4,7-8,15H2,1-2H3,(H,16,17). The summed E-state index contributed by atoms with van der Waals surface area (Å²) in [7, 11) is 1.53. The number of hydrogen-bond donors (Lipinski definition) is 2. The highest BCUT2D eigenvalue weighted by Gasteiger charge is 2.20. The van der Waals surface area contributed by atoms with E-state index in [1.807, 2.05) is 19.1 Å². The molecule has 1 atom stereocenters. The van der Waals surface area contributed by atoms with Crippen molar-refractivity contribution >= 4 is 5.97 Å². The summed E-state index contributed by atoms with van der Waals surface area (Å²) in [6, 6.07) is 5.43. The third kappa shape index (κ3) is 4.44. The first-order chi connectivity index (χ1) is 9.12. The Bertz CT molecular complexity index is 420. The number of carbonyl (C=O) groups is 1. The molecule has 1 aromatic carbocycles. The van der Waals surface area contributed by atoms with E-state index in [9.17, 15) is 4.79 Å². The van der Waals surface area contributed by atoms with Crippen molar-refractivity contribution < 1.29 is 19.4 Å². The molecular weight excluding hydrogens is 246 g/mol. The Balaban J connectivity index is 2.89. The molecule has 0 saturated heterocycles. The number of benzene rings is 1. The summed E-state index contributed by atoms with van der Waals surface area (Å²) >= 11 is 0. The normalized spacial score (nSPS) is 11.9. The van der Waals surface area contributed by atoms with Crippen molar-refractivity contribution in [1.82, 2.24) is 0 Å². The van der Waals surface area contributed by atoms with E-state index in [1.54, 1.807) is 6.07 Å². The Morgan fingerprint density at radius 1 is 1.42 bits per heavy atom. The molecule has 0 fully saturated rings. The molecule has 0 heterocycles. The van der Waals surface area contributed by atoms with Gasteiger partial charge < -0.3 is 20.3 Å². The fraction of sp³-hybridized carbons (Fsp3) is 0.500. The van der Waals surface area contributed by atoms with Gasteiger partial charge in [0.1, 0.15) is 0 Å². The summed E-state index contributed by atoms with van der Waals surface area (Å²) in [6.07, 6.45) is 1.10. The van der Waals surface area contributed by atoms with Crippen LogP contribution in [0.4, 0.5) is 0 Å². The van der Waals surface area contributed by atoms with Gasteiger partial charge in [0.15, 0.2) is 17.6 Å². The molecule has 0 aliphatic carbocycles. The van der Waals surface area contributed by atoms with Crippen molar-refractivity contribution in [3.05, 3.63) is 23.8 Å². The number of ether oxygens (including phenoxy) is 2. The van der Waals surface area contributed by atoms with Crippen LogP contribution in [0.15, 0.2) is 18.2 Å². The van der Waals surface area contributed by atoms with E-state index < -0.39 is 12.1 Å². The molecule has 5 nitrogen and oxygen atoms in total. The molecule has 0 bridgehead atoms. The van der Waals surface area contributed by atoms with Crippen LogP contribution in [-0.2, 0) is 11.2 Å². The van der Waals surface area contributed by atoms with Crippen LogP contribution in [-0.4, -0.2) is 30.8 Å². The van der Waals surface area contributed by atoms with Crippen molar-refractivity contribution in [3.8, 4) is 11.5 Å². The zero-order chi connectivity index (χ0) is 14.3. The van der Waals surface area contributed by atoms with Crippen LogP contribution in [0.5, 0.6) is 11.5 Å². The molecule has 1 unspecified atom stereocenters. The van der Waals surface area contributed by atoms with Gasteiger partial charge in [-0.1, -0.05) is 19.4 Å². The molecule has 1 aromatic rings. The first-order valence-corrected chi connectivity index (χ1v) is 6.38. The Labute approximate surface area is 113 Å². The number of nitrogens with two attached hydrogens (primary N) is 1. The van der Waals surface area contributed by atoms with Gasteiger partial charge in [-0.05, 0) is 37.1 Å². The van der Waals surface area contributed by atoms with E-state index in [4.69, 9.17) is 20.3 Å². The van der Waals surface area contributed by atoms with Crippen LogP contribution < -0.4 is 15.2 Å². The Morgan fingerprint density at radius 3 is 2.68 bits per heavy atom. The second kappa shape index (κ2) is 7.63. The van der Waals surface area contributed by atoms with E-state index in [0.717, 1.165) is 18.4 Å². The molecule has 0 amide bonds. The summed E-state index contributed by atoms with van der Waals surface area (Å²) in [6.45, 7) is 2.47. The maximum Gasteiger partial charge on any atom is 0.344 e. The topological polar surface area (TPSA) is 81.8 Å². The molecular formula is C14H21NO4. The highest BCUT2D eigenvalue weighted by atomic mass is 16.5. The van der Waals surface area contributed by atoms with Crippen LogP contribution in [0.2, 0.25) is 0 Å². The van der Waals surface area contributed by atoms with Crippen molar-refractivity contribution in [1.29, 1.82) is 0 Å². The molecule has 0 spiro atoms. The third-order valence-corrected chi connectivity index (χ3v) is 2.76. The lowest BCUT2D eigenvalue weighted by Gasteiger charge is -2.17. The number of hydrogen-bond acceptors (Lipinski definition) is 4. The Morgan fingerprint density at radius 2 is 2.16 bits per heavy atom. The SMILES string of the molecule is CCCC(Oc1ccc(CCN)cc1OC)C(=O)O. The molecule has 106 valence electrons. The number of carboxylic acid groups (broad SMARTS) is 1. The van der Waals surface area contributed by atoms with E-state index in [-0.39, 0.29) is 0 Å². The van der Waals surface area contributed by atoms with Crippen LogP contribution in [0, 0.1) is 0 Å². The maximum absolute atomic E-state index is 11.1. The van der Waals surface area contributed by atoms with Gasteiger partial charge >= 0.3 is 5.97 Å². The van der Waals surface area contributed by atoms with Crippen LogP contribution in [0.25, 0.3) is 0 Å². The summed E-state index contributed by atoms with van der Waals surface area (Å²) in [5.41, 5.74) is 6.54. The van der Waals surface area contributed by atoms with Gasteiger partial charge in [0.2, 0.25) is 0 Å². The molecule has 0 aromatic heterocycles. The van der Waals surface area contributed by atoms with Crippen LogP contribution >= 0.6 is 0 Å². The predicted octanol–water partition coefficient (Wildman–Crippen LogP) is 1.83. The fourth-order valence-electron chi connectivity index (χ4n) is 1.78. The van der Waals surface area contributed by atoms with Gasteiger partial charge in [0.05, 0.1) is 7.11 Å². The minimum absolute atomic E-state index is 0.448. The first kappa shape index (κ1) is 15.3. The fourth-order valence-corrected chi connectivity index (χ4v) is 1.78. The second-order valence-electron chi connectivity index (χ2n) is 4.26. The van der Waals surface area contributed by atoms with Gasteiger partial charge in [-0.15, -0.1) is 0 Å². The first-order valence-electron chi connectivity index (χ1n) is 6.38. The lowest BCUT2D eigenvalue weighted by Crippen LogP contribution is -2.26. The molecule has 0 aliphatic rings. The molecule has 3 N–H and O–H groups in total. The highest BCUT2D eigenvalue weighted by Crippen LogP contribution is 2.29. The van der Waals surface area contributed by atoms with Crippen molar-refractivity contribution in [2.24, 2.45) is 5.73 Å². The molecule has 1 rings (SSSR count). The van der Waals surface area contributed by atoms with E-state index in [2.05, 4.69) is 0 Å². The number of aliphatic carboxylic acids is 1. The molecule has 0 radical (unpaired) electrons. The van der Waals surface area contributed by atoms with Gasteiger partial charge in [-0.25, -0.2) is 4.79 Å². The van der Waals surface area contributed by atoms with Crippen molar-refractivity contribution in [2.45, 2.75) is 32.3 Å². The molecule has 0 saturated carbocycles. The van der Waals surface area contributed by atoms with Gasteiger partial charge in [-0.3, -0.25) is 0 Å². The largest absolute Gasteiger partial charge is 0.493 e. The summed E-state index contributed by atoms with van der Waals surface area (Å²) < 4.78 is 10.7. The summed E-state index contributed by atoms with van der Waals surface area (Å²) in [4.78, 5) is 11.1. The molecule has 19 heavy (non-hydrogen) atoms. The lowest BCUT2D eigenvalue weighted by atomic mass is 10.1. The monoisotopic (exact) mass is 267 g/mol. The summed E-state index contributed by atoms with van der Waals surface area (Å²) in [5, 5.41) is 9.09. The number of carboxylic acids is 1. The van der Waals surface area contributed by atoms with Crippen molar-refractivity contribution in [3.63, 3.8) is 0 Å². The van der Waals surface area contributed by atoms with Crippen LogP contribution in [0.3, 0.4) is 0 Å². The number of methoxy groups -OCH3 is 1. The predicted molar refractivity (Wildman–Crippen MR) is 72.7 cm³/mol. The van der Waals surface area contributed by atoms with Crippen LogP contribution in [0.1, 0.15) is 25.3 Å². The van der Waals surface area contributed by atoms with Gasteiger partial charge in [0.25, 0.3) is 0 Å². The lowest BCUT2D eigenvalue weighted by molar-refractivity contribution is -0.145. The zero-order valence-corrected chi connectivity index (χ0v) is 11.4. The average Bonchev–Trinajstić information content (AvgIpc) is 2.39. The minimum atomic E-state index is -0.963. The van der Waals surface area contributed by atoms with Crippen molar-refractivity contribution in [2.75, 3.05) is 13.7 Å². The Kier molecular flexibility index (Phi) is 6.15. The van der Waals surface area contributed by atoms with E-state index in [0.29, 0.717) is 24.5 Å². The minimum Gasteiger partial charge on any atom is -0.493 e. The van der Waals surface area contributed by atoms with Gasteiger partial charge in [0, 0.05) is 0 Å². The smallest absolute Gasteiger partial charge is 0.344 e. The van der Waals surface area contributed by atoms with E-state index >= 15 is 0 Å². The zero-order valence-electron chi connectivity index (χ0n) is 11.4. The highest BCUT2D eigenvalue weighted by molar-refractivity contribution is 5.72. The molecule has 5 heteroatoms.